The van der Waals surface area contributed by atoms with Gasteiger partial charge in [-0.25, -0.2) is 0 Å². The van der Waals surface area contributed by atoms with Crippen molar-refractivity contribution in [3.8, 4) is 0 Å². The van der Waals surface area contributed by atoms with Gasteiger partial charge in [-0.3, -0.25) is 4.79 Å². The van der Waals surface area contributed by atoms with Gasteiger partial charge >= 0.3 is 0 Å². The molecule has 1 aromatic rings. The summed E-state index contributed by atoms with van der Waals surface area (Å²) in [6.45, 7) is 1.92. The normalized spacial score (nSPS) is 19.0. The van der Waals surface area contributed by atoms with Crippen LogP contribution in [0.4, 0.5) is 0 Å². The smallest absolute Gasteiger partial charge is 0.240 e. The number of carbonyl (C=O) groups excluding carboxylic acids is 1. The van der Waals surface area contributed by atoms with Crippen molar-refractivity contribution in [1.29, 1.82) is 0 Å². The zero-order valence-electron chi connectivity index (χ0n) is 11.9. The molecule has 0 aliphatic carbocycles. The molecule has 5 nitrogen and oxygen atoms in total. The van der Waals surface area contributed by atoms with Gasteiger partial charge in [-0.1, -0.05) is 23.7 Å². The molecule has 6 heteroatoms. The Bertz CT molecular complexity index is 472. The molecular formula is C15H22ClN3O2. The van der Waals surface area contributed by atoms with E-state index in [0.29, 0.717) is 30.8 Å². The molecule has 1 saturated heterocycles. The lowest BCUT2D eigenvalue weighted by Gasteiger charge is -2.32. The van der Waals surface area contributed by atoms with Crippen LogP contribution in [0.1, 0.15) is 30.9 Å². The van der Waals surface area contributed by atoms with Crippen LogP contribution in [0.5, 0.6) is 0 Å². The Hall–Kier alpha value is -1.14. The molecule has 1 amide bonds. The minimum absolute atomic E-state index is 0.132. The number of halogens is 1. The SMILES string of the molecule is NC1(C(=O)NCCC(O)c2ccc(Cl)cc2)CCNCC1. The van der Waals surface area contributed by atoms with Gasteiger partial charge in [0.15, 0.2) is 0 Å². The first kappa shape index (κ1) is 16.2. The van der Waals surface area contributed by atoms with E-state index in [1.54, 1.807) is 24.3 Å². The predicted octanol–water partition coefficient (Wildman–Crippen LogP) is 0.961. The van der Waals surface area contributed by atoms with Crippen LogP contribution in [0.25, 0.3) is 0 Å². The monoisotopic (exact) mass is 311 g/mol. The number of amides is 1. The number of rotatable bonds is 5. The lowest BCUT2D eigenvalue weighted by molar-refractivity contribution is -0.127. The Morgan fingerprint density at radius 3 is 2.62 bits per heavy atom. The lowest BCUT2D eigenvalue weighted by atomic mass is 9.88. The van der Waals surface area contributed by atoms with Gasteiger partial charge in [0, 0.05) is 11.6 Å². The van der Waals surface area contributed by atoms with E-state index in [9.17, 15) is 9.90 Å². The third-order valence-corrected chi connectivity index (χ3v) is 4.16. The first-order valence-electron chi connectivity index (χ1n) is 7.23. The van der Waals surface area contributed by atoms with E-state index in [2.05, 4.69) is 10.6 Å². The molecule has 2 rings (SSSR count). The number of hydrogen-bond donors (Lipinski definition) is 4. The zero-order valence-corrected chi connectivity index (χ0v) is 12.7. The largest absolute Gasteiger partial charge is 0.388 e. The molecule has 1 atom stereocenters. The maximum atomic E-state index is 12.1. The number of benzene rings is 1. The summed E-state index contributed by atoms with van der Waals surface area (Å²) in [7, 11) is 0. The van der Waals surface area contributed by atoms with E-state index in [1.807, 2.05) is 0 Å². The van der Waals surface area contributed by atoms with E-state index in [4.69, 9.17) is 17.3 Å². The van der Waals surface area contributed by atoms with Gasteiger partial charge in [-0.15, -0.1) is 0 Å². The van der Waals surface area contributed by atoms with Crippen molar-refractivity contribution >= 4 is 17.5 Å². The number of piperidine rings is 1. The summed E-state index contributed by atoms with van der Waals surface area (Å²) in [5, 5.41) is 16.7. The number of hydrogen-bond acceptors (Lipinski definition) is 4. The Labute approximate surface area is 129 Å². The van der Waals surface area contributed by atoms with Crippen LogP contribution >= 0.6 is 11.6 Å². The van der Waals surface area contributed by atoms with Crippen molar-refractivity contribution in [1.82, 2.24) is 10.6 Å². The van der Waals surface area contributed by atoms with Gasteiger partial charge < -0.3 is 21.5 Å². The van der Waals surface area contributed by atoms with Crippen molar-refractivity contribution in [3.63, 3.8) is 0 Å². The highest BCUT2D eigenvalue weighted by Crippen LogP contribution is 2.19. The number of nitrogens with two attached hydrogens (primary N) is 1. The first-order chi connectivity index (χ1) is 10.0. The molecule has 1 unspecified atom stereocenters. The zero-order chi connectivity index (χ0) is 15.3. The molecule has 1 aromatic carbocycles. The van der Waals surface area contributed by atoms with Gasteiger partial charge in [0.2, 0.25) is 5.91 Å². The summed E-state index contributed by atoms with van der Waals surface area (Å²) < 4.78 is 0. The average Bonchev–Trinajstić information content (AvgIpc) is 2.48. The quantitative estimate of drug-likeness (QED) is 0.652. The summed E-state index contributed by atoms with van der Waals surface area (Å²) >= 11 is 5.81. The molecule has 1 aliphatic heterocycles. The summed E-state index contributed by atoms with van der Waals surface area (Å²) in [6.07, 6.45) is 1.10. The fraction of sp³-hybridized carbons (Fsp3) is 0.533. The summed E-state index contributed by atoms with van der Waals surface area (Å²) in [6, 6.07) is 7.04. The second kappa shape index (κ2) is 7.22. The minimum Gasteiger partial charge on any atom is -0.388 e. The van der Waals surface area contributed by atoms with E-state index in [0.717, 1.165) is 18.7 Å². The Kier molecular flexibility index (Phi) is 5.58. The van der Waals surface area contributed by atoms with Crippen molar-refractivity contribution < 1.29 is 9.90 Å². The Morgan fingerprint density at radius 1 is 1.38 bits per heavy atom. The molecular weight excluding hydrogens is 290 g/mol. The van der Waals surface area contributed by atoms with Crippen molar-refractivity contribution in [3.05, 3.63) is 34.9 Å². The Balaban J connectivity index is 1.78. The molecule has 0 radical (unpaired) electrons. The lowest BCUT2D eigenvalue weighted by Crippen LogP contribution is -2.59. The topological polar surface area (TPSA) is 87.4 Å². The molecule has 0 bridgehead atoms. The highest BCUT2D eigenvalue weighted by atomic mass is 35.5. The van der Waals surface area contributed by atoms with Gasteiger partial charge in [0.1, 0.15) is 0 Å². The number of aliphatic hydroxyl groups excluding tert-OH is 1. The molecule has 1 heterocycles. The summed E-state index contributed by atoms with van der Waals surface area (Å²) in [4.78, 5) is 12.1. The summed E-state index contributed by atoms with van der Waals surface area (Å²) in [5.41, 5.74) is 6.13. The third kappa shape index (κ3) is 4.41. The van der Waals surface area contributed by atoms with E-state index >= 15 is 0 Å². The highest BCUT2D eigenvalue weighted by molar-refractivity contribution is 6.30. The fourth-order valence-corrected chi connectivity index (χ4v) is 2.58. The molecule has 21 heavy (non-hydrogen) atoms. The standard InChI is InChI=1S/C15H22ClN3O2/c16-12-3-1-11(2-4-12)13(20)5-8-19-14(21)15(17)6-9-18-10-7-15/h1-4,13,18,20H,5-10,17H2,(H,19,21). The number of nitrogens with one attached hydrogen (secondary N) is 2. The van der Waals surface area contributed by atoms with Crippen LogP contribution in [0, 0.1) is 0 Å². The second-order valence-corrected chi connectivity index (χ2v) is 5.95. The van der Waals surface area contributed by atoms with Crippen molar-refractivity contribution in [2.45, 2.75) is 30.9 Å². The van der Waals surface area contributed by atoms with E-state index in [1.165, 1.54) is 0 Å². The van der Waals surface area contributed by atoms with Crippen LogP contribution in [0.15, 0.2) is 24.3 Å². The van der Waals surface area contributed by atoms with Gasteiger partial charge in [0.25, 0.3) is 0 Å². The molecule has 1 fully saturated rings. The van der Waals surface area contributed by atoms with Crippen LogP contribution in [0.3, 0.4) is 0 Å². The van der Waals surface area contributed by atoms with Gasteiger partial charge in [-0.05, 0) is 50.0 Å². The van der Waals surface area contributed by atoms with Crippen LogP contribution in [0.2, 0.25) is 5.02 Å². The molecule has 1 aliphatic rings. The maximum absolute atomic E-state index is 12.1. The predicted molar refractivity (Wildman–Crippen MR) is 83.1 cm³/mol. The molecule has 0 aromatic heterocycles. The number of aliphatic hydroxyl groups is 1. The molecule has 116 valence electrons. The highest BCUT2D eigenvalue weighted by Gasteiger charge is 2.34. The van der Waals surface area contributed by atoms with Crippen LogP contribution < -0.4 is 16.4 Å². The van der Waals surface area contributed by atoms with Crippen molar-refractivity contribution in [2.75, 3.05) is 19.6 Å². The van der Waals surface area contributed by atoms with Crippen molar-refractivity contribution in [2.24, 2.45) is 5.73 Å². The van der Waals surface area contributed by atoms with Gasteiger partial charge in [-0.2, -0.15) is 0 Å². The summed E-state index contributed by atoms with van der Waals surface area (Å²) in [5.74, 6) is -0.132. The van der Waals surface area contributed by atoms with Gasteiger partial charge in [0.05, 0.1) is 11.6 Å². The third-order valence-electron chi connectivity index (χ3n) is 3.91. The van der Waals surface area contributed by atoms with Crippen LogP contribution in [-0.4, -0.2) is 36.2 Å². The Morgan fingerprint density at radius 2 is 2.00 bits per heavy atom. The maximum Gasteiger partial charge on any atom is 0.240 e. The molecule has 5 N–H and O–H groups in total. The average molecular weight is 312 g/mol. The second-order valence-electron chi connectivity index (χ2n) is 5.52. The molecule has 0 spiro atoms. The molecule has 0 saturated carbocycles. The number of carbonyl (C=O) groups is 1. The van der Waals surface area contributed by atoms with E-state index < -0.39 is 11.6 Å². The van der Waals surface area contributed by atoms with E-state index in [-0.39, 0.29) is 5.91 Å². The fourth-order valence-electron chi connectivity index (χ4n) is 2.45. The van der Waals surface area contributed by atoms with Crippen LogP contribution in [-0.2, 0) is 4.79 Å². The minimum atomic E-state index is -0.781. The first-order valence-corrected chi connectivity index (χ1v) is 7.60.